The van der Waals surface area contributed by atoms with Gasteiger partial charge in [-0.05, 0) is 32.6 Å². The number of likely N-dealkylation sites (tertiary alicyclic amines) is 1. The van der Waals surface area contributed by atoms with Crippen LogP contribution < -0.4 is 0 Å². The van der Waals surface area contributed by atoms with E-state index in [2.05, 4.69) is 29.8 Å². The minimum Gasteiger partial charge on any atom is -0.339 e. The molecule has 1 amide bonds. The van der Waals surface area contributed by atoms with Crippen LogP contribution in [0.1, 0.15) is 33.6 Å². The third-order valence-electron chi connectivity index (χ3n) is 2.74. The molecule has 3 atom stereocenters. The van der Waals surface area contributed by atoms with Crippen molar-refractivity contribution >= 4 is 21.8 Å². The Morgan fingerprint density at radius 1 is 1.46 bits per heavy atom. The van der Waals surface area contributed by atoms with Crippen LogP contribution in [0.5, 0.6) is 0 Å². The second kappa shape index (κ2) is 4.45. The Morgan fingerprint density at radius 3 is 2.62 bits per heavy atom. The van der Waals surface area contributed by atoms with E-state index in [-0.39, 0.29) is 10.7 Å². The molecular weight excluding hydrogens is 230 g/mol. The molecule has 0 radical (unpaired) electrons. The Kier molecular flexibility index (Phi) is 3.77. The van der Waals surface area contributed by atoms with Gasteiger partial charge in [-0.2, -0.15) is 0 Å². The lowest BCUT2D eigenvalue weighted by molar-refractivity contribution is -0.134. The van der Waals surface area contributed by atoms with Gasteiger partial charge in [-0.25, -0.2) is 0 Å². The summed E-state index contributed by atoms with van der Waals surface area (Å²) in [6.07, 6.45) is 2.40. The fourth-order valence-corrected chi connectivity index (χ4v) is 2.09. The largest absolute Gasteiger partial charge is 0.339 e. The van der Waals surface area contributed by atoms with E-state index in [9.17, 15) is 4.79 Å². The Labute approximate surface area is 88.8 Å². The number of nitrogens with zero attached hydrogens (tertiary/aromatic N) is 1. The lowest BCUT2D eigenvalue weighted by atomic mass is 9.95. The van der Waals surface area contributed by atoms with Crippen molar-refractivity contribution in [2.75, 3.05) is 6.54 Å². The zero-order valence-corrected chi connectivity index (χ0v) is 10.2. The standard InChI is InChI=1S/C10H18BrNO/c1-7-4-5-8(2)12(6-7)10(13)9(3)11/h7-9H,4-6H2,1-3H3. The van der Waals surface area contributed by atoms with Crippen LogP contribution in [0.15, 0.2) is 0 Å². The van der Waals surface area contributed by atoms with Crippen molar-refractivity contribution in [3.8, 4) is 0 Å². The second-order valence-corrected chi connectivity index (χ2v) is 5.51. The molecule has 1 heterocycles. The highest BCUT2D eigenvalue weighted by Gasteiger charge is 2.28. The monoisotopic (exact) mass is 247 g/mol. The Morgan fingerprint density at radius 2 is 2.08 bits per heavy atom. The van der Waals surface area contributed by atoms with Gasteiger partial charge in [0.2, 0.25) is 5.91 Å². The van der Waals surface area contributed by atoms with E-state index < -0.39 is 0 Å². The maximum absolute atomic E-state index is 11.7. The highest BCUT2D eigenvalue weighted by molar-refractivity contribution is 9.10. The van der Waals surface area contributed by atoms with Crippen LogP contribution in [0, 0.1) is 5.92 Å². The van der Waals surface area contributed by atoms with Crippen LogP contribution in [-0.2, 0) is 4.79 Å². The number of hydrogen-bond donors (Lipinski definition) is 0. The van der Waals surface area contributed by atoms with Crippen molar-refractivity contribution in [2.45, 2.75) is 44.5 Å². The van der Waals surface area contributed by atoms with Gasteiger partial charge in [0.25, 0.3) is 0 Å². The smallest absolute Gasteiger partial charge is 0.236 e. The molecule has 1 rings (SSSR count). The number of rotatable bonds is 1. The number of alkyl halides is 1. The van der Waals surface area contributed by atoms with E-state index in [4.69, 9.17) is 0 Å². The van der Waals surface area contributed by atoms with Crippen LogP contribution in [0.25, 0.3) is 0 Å². The molecule has 1 saturated heterocycles. The molecular formula is C10H18BrNO. The molecule has 0 N–H and O–H groups in total. The lowest BCUT2D eigenvalue weighted by Gasteiger charge is -2.37. The molecule has 0 bridgehead atoms. The molecule has 3 unspecified atom stereocenters. The Hall–Kier alpha value is -0.0500. The summed E-state index contributed by atoms with van der Waals surface area (Å²) in [5, 5.41) is 0. The fraction of sp³-hybridized carbons (Fsp3) is 0.900. The molecule has 0 saturated carbocycles. The SMILES string of the molecule is CC1CCC(C)N(C(=O)C(C)Br)C1. The third kappa shape index (κ3) is 2.70. The van der Waals surface area contributed by atoms with E-state index in [0.29, 0.717) is 12.0 Å². The highest BCUT2D eigenvalue weighted by atomic mass is 79.9. The molecule has 76 valence electrons. The predicted octanol–water partition coefficient (Wildman–Crippen LogP) is 2.42. The average molecular weight is 248 g/mol. The summed E-state index contributed by atoms with van der Waals surface area (Å²) in [4.78, 5) is 13.7. The Bertz CT molecular complexity index is 193. The first-order valence-corrected chi connectivity index (χ1v) is 5.88. The second-order valence-electron chi connectivity index (χ2n) is 4.14. The quantitative estimate of drug-likeness (QED) is 0.652. The van der Waals surface area contributed by atoms with Gasteiger partial charge < -0.3 is 4.90 Å². The van der Waals surface area contributed by atoms with Crippen LogP contribution in [0.4, 0.5) is 0 Å². The van der Waals surface area contributed by atoms with E-state index in [0.717, 1.165) is 13.0 Å². The van der Waals surface area contributed by atoms with E-state index in [1.54, 1.807) is 0 Å². The molecule has 3 heteroatoms. The van der Waals surface area contributed by atoms with Crippen molar-refractivity contribution in [1.29, 1.82) is 0 Å². The van der Waals surface area contributed by atoms with E-state index in [1.807, 2.05) is 11.8 Å². The van der Waals surface area contributed by atoms with Crippen LogP contribution in [-0.4, -0.2) is 28.2 Å². The van der Waals surface area contributed by atoms with Crippen molar-refractivity contribution < 1.29 is 4.79 Å². The molecule has 2 nitrogen and oxygen atoms in total. The average Bonchev–Trinajstić information content (AvgIpc) is 2.08. The molecule has 13 heavy (non-hydrogen) atoms. The van der Waals surface area contributed by atoms with Gasteiger partial charge >= 0.3 is 0 Å². The zero-order chi connectivity index (χ0) is 10.0. The number of carbonyl (C=O) groups is 1. The number of carbonyl (C=O) groups excluding carboxylic acids is 1. The van der Waals surface area contributed by atoms with Gasteiger partial charge in [-0.15, -0.1) is 0 Å². The van der Waals surface area contributed by atoms with Crippen LogP contribution in [0.3, 0.4) is 0 Å². The number of hydrogen-bond acceptors (Lipinski definition) is 1. The van der Waals surface area contributed by atoms with Crippen molar-refractivity contribution in [3.63, 3.8) is 0 Å². The molecule has 1 aliphatic rings. The van der Waals surface area contributed by atoms with Gasteiger partial charge in [-0.1, -0.05) is 22.9 Å². The van der Waals surface area contributed by atoms with Crippen molar-refractivity contribution in [3.05, 3.63) is 0 Å². The van der Waals surface area contributed by atoms with E-state index >= 15 is 0 Å². The maximum Gasteiger partial charge on any atom is 0.236 e. The number of halogens is 1. The molecule has 0 spiro atoms. The van der Waals surface area contributed by atoms with Gasteiger partial charge in [0.1, 0.15) is 0 Å². The first-order valence-electron chi connectivity index (χ1n) is 4.97. The van der Waals surface area contributed by atoms with Gasteiger partial charge in [0.15, 0.2) is 0 Å². The minimum absolute atomic E-state index is 0.0414. The third-order valence-corrected chi connectivity index (χ3v) is 3.13. The minimum atomic E-state index is -0.0414. The zero-order valence-electron chi connectivity index (χ0n) is 8.59. The summed E-state index contributed by atoms with van der Waals surface area (Å²) in [6, 6.07) is 0.420. The lowest BCUT2D eigenvalue weighted by Crippen LogP contribution is -2.47. The molecule has 0 aromatic heterocycles. The van der Waals surface area contributed by atoms with Crippen LogP contribution >= 0.6 is 15.9 Å². The maximum atomic E-state index is 11.7. The molecule has 0 aliphatic carbocycles. The summed E-state index contributed by atoms with van der Waals surface area (Å²) in [7, 11) is 0. The molecule has 1 fully saturated rings. The summed E-state index contributed by atoms with van der Waals surface area (Å²) >= 11 is 3.33. The first kappa shape index (κ1) is 11.0. The summed E-state index contributed by atoms with van der Waals surface area (Å²) < 4.78 is 0. The highest BCUT2D eigenvalue weighted by Crippen LogP contribution is 2.22. The van der Waals surface area contributed by atoms with Crippen LogP contribution in [0.2, 0.25) is 0 Å². The molecule has 0 aromatic carbocycles. The topological polar surface area (TPSA) is 20.3 Å². The fourth-order valence-electron chi connectivity index (χ4n) is 1.82. The predicted molar refractivity (Wildman–Crippen MR) is 58.0 cm³/mol. The van der Waals surface area contributed by atoms with Crippen molar-refractivity contribution in [2.24, 2.45) is 5.92 Å². The van der Waals surface area contributed by atoms with Gasteiger partial charge in [0.05, 0.1) is 4.83 Å². The summed E-state index contributed by atoms with van der Waals surface area (Å²) in [5.41, 5.74) is 0. The van der Waals surface area contributed by atoms with Gasteiger partial charge in [0, 0.05) is 12.6 Å². The van der Waals surface area contributed by atoms with E-state index in [1.165, 1.54) is 6.42 Å². The number of amides is 1. The molecule has 0 aromatic rings. The summed E-state index contributed by atoms with van der Waals surface area (Å²) in [6.45, 7) is 7.18. The molecule has 1 aliphatic heterocycles. The normalized spacial score (nSPS) is 31.5. The van der Waals surface area contributed by atoms with Gasteiger partial charge in [-0.3, -0.25) is 4.79 Å². The first-order chi connectivity index (χ1) is 6.02. The number of piperidine rings is 1. The Balaban J connectivity index is 2.60. The summed E-state index contributed by atoms with van der Waals surface area (Å²) in [5.74, 6) is 0.894. The van der Waals surface area contributed by atoms with Crippen molar-refractivity contribution in [1.82, 2.24) is 4.90 Å².